The van der Waals surface area contributed by atoms with Gasteiger partial charge in [0.15, 0.2) is 5.65 Å². The topological polar surface area (TPSA) is 63.5 Å². The van der Waals surface area contributed by atoms with Crippen LogP contribution in [0.1, 0.15) is 11.3 Å². The molecule has 0 radical (unpaired) electrons. The minimum Gasteiger partial charge on any atom is -0.305 e. The van der Waals surface area contributed by atoms with Crippen molar-refractivity contribution in [2.75, 3.05) is 4.72 Å². The molecular formula is C15H15N3O2S. The number of anilines is 1. The number of sulfonamides is 1. The van der Waals surface area contributed by atoms with Gasteiger partial charge in [-0.05, 0) is 43.7 Å². The second-order valence-electron chi connectivity index (χ2n) is 4.96. The summed E-state index contributed by atoms with van der Waals surface area (Å²) in [7, 11) is -3.62. The lowest BCUT2D eigenvalue weighted by Crippen LogP contribution is -2.13. The van der Waals surface area contributed by atoms with E-state index in [1.807, 2.05) is 32.3 Å². The molecule has 0 spiro atoms. The summed E-state index contributed by atoms with van der Waals surface area (Å²) in [5.41, 5.74) is 2.78. The number of aromatic nitrogens is 2. The summed E-state index contributed by atoms with van der Waals surface area (Å²) >= 11 is 0. The standard InChI is InChI=1S/C15H15N3O2S/c1-11-5-3-6-13(9-11)21(19,20)17-14-7-4-8-18-10-12(2)16-15(14)18/h3-10,17H,1-2H3. The molecule has 0 fully saturated rings. The first-order chi connectivity index (χ1) is 9.95. The van der Waals surface area contributed by atoms with Gasteiger partial charge in [-0.15, -0.1) is 0 Å². The summed E-state index contributed by atoms with van der Waals surface area (Å²) in [4.78, 5) is 4.59. The summed E-state index contributed by atoms with van der Waals surface area (Å²) in [6.07, 6.45) is 3.68. The molecule has 0 bridgehead atoms. The van der Waals surface area contributed by atoms with E-state index in [-0.39, 0.29) is 4.90 Å². The molecule has 108 valence electrons. The molecule has 21 heavy (non-hydrogen) atoms. The Morgan fingerprint density at radius 1 is 1.14 bits per heavy atom. The smallest absolute Gasteiger partial charge is 0.262 e. The van der Waals surface area contributed by atoms with E-state index in [4.69, 9.17) is 0 Å². The van der Waals surface area contributed by atoms with Crippen LogP contribution in [0.2, 0.25) is 0 Å². The Hall–Kier alpha value is -2.34. The van der Waals surface area contributed by atoms with E-state index in [2.05, 4.69) is 9.71 Å². The van der Waals surface area contributed by atoms with Gasteiger partial charge >= 0.3 is 0 Å². The zero-order valence-corrected chi connectivity index (χ0v) is 12.6. The summed E-state index contributed by atoms with van der Waals surface area (Å²) in [6.45, 7) is 3.73. The average molecular weight is 301 g/mol. The molecule has 0 amide bonds. The van der Waals surface area contributed by atoms with Crippen LogP contribution in [-0.2, 0) is 10.0 Å². The van der Waals surface area contributed by atoms with Crippen molar-refractivity contribution in [3.8, 4) is 0 Å². The van der Waals surface area contributed by atoms with Gasteiger partial charge < -0.3 is 4.40 Å². The number of rotatable bonds is 3. The van der Waals surface area contributed by atoms with Crippen LogP contribution in [0.4, 0.5) is 5.69 Å². The lowest BCUT2D eigenvalue weighted by atomic mass is 10.2. The Morgan fingerprint density at radius 2 is 1.95 bits per heavy atom. The van der Waals surface area contributed by atoms with Crippen LogP contribution in [0, 0.1) is 13.8 Å². The van der Waals surface area contributed by atoms with Crippen molar-refractivity contribution in [1.82, 2.24) is 9.38 Å². The van der Waals surface area contributed by atoms with E-state index < -0.39 is 10.0 Å². The normalized spacial score (nSPS) is 11.7. The van der Waals surface area contributed by atoms with Crippen molar-refractivity contribution in [2.24, 2.45) is 0 Å². The fourth-order valence-corrected chi connectivity index (χ4v) is 3.37. The van der Waals surface area contributed by atoms with Gasteiger partial charge in [0.25, 0.3) is 10.0 Å². The number of aryl methyl sites for hydroxylation is 2. The Labute approximate surface area is 123 Å². The first-order valence-corrected chi connectivity index (χ1v) is 7.98. The predicted octanol–water partition coefficient (Wildman–Crippen LogP) is 2.75. The number of hydrogen-bond donors (Lipinski definition) is 1. The predicted molar refractivity (Wildman–Crippen MR) is 81.9 cm³/mol. The molecule has 6 heteroatoms. The lowest BCUT2D eigenvalue weighted by molar-refractivity contribution is 0.601. The average Bonchev–Trinajstić information content (AvgIpc) is 2.80. The molecule has 2 heterocycles. The Morgan fingerprint density at radius 3 is 2.71 bits per heavy atom. The number of imidazole rings is 1. The number of fused-ring (bicyclic) bond motifs is 1. The third-order valence-corrected chi connectivity index (χ3v) is 4.51. The summed E-state index contributed by atoms with van der Waals surface area (Å²) in [5.74, 6) is 0. The molecule has 0 saturated heterocycles. The molecule has 0 aliphatic heterocycles. The van der Waals surface area contributed by atoms with Crippen molar-refractivity contribution < 1.29 is 8.42 Å². The van der Waals surface area contributed by atoms with Gasteiger partial charge in [0, 0.05) is 12.4 Å². The van der Waals surface area contributed by atoms with Crippen molar-refractivity contribution in [2.45, 2.75) is 18.7 Å². The molecule has 3 rings (SSSR count). The zero-order valence-electron chi connectivity index (χ0n) is 11.7. The zero-order chi connectivity index (χ0) is 15.0. The fourth-order valence-electron chi connectivity index (χ4n) is 2.20. The third-order valence-electron chi connectivity index (χ3n) is 3.15. The third kappa shape index (κ3) is 2.62. The summed E-state index contributed by atoms with van der Waals surface area (Å²) < 4.78 is 29.3. The van der Waals surface area contributed by atoms with E-state index in [0.717, 1.165) is 11.3 Å². The van der Waals surface area contributed by atoms with Crippen molar-refractivity contribution >= 4 is 21.4 Å². The summed E-state index contributed by atoms with van der Waals surface area (Å²) in [5, 5.41) is 0. The van der Waals surface area contributed by atoms with Crippen molar-refractivity contribution in [3.63, 3.8) is 0 Å². The van der Waals surface area contributed by atoms with Gasteiger partial charge in [0.05, 0.1) is 16.3 Å². The molecule has 1 N–H and O–H groups in total. The maximum atomic E-state index is 12.5. The number of nitrogens with one attached hydrogen (secondary N) is 1. The summed E-state index contributed by atoms with van der Waals surface area (Å²) in [6, 6.07) is 10.3. The number of benzene rings is 1. The fraction of sp³-hybridized carbons (Fsp3) is 0.133. The molecular weight excluding hydrogens is 286 g/mol. The van der Waals surface area contributed by atoms with Gasteiger partial charge in [-0.3, -0.25) is 4.72 Å². The van der Waals surface area contributed by atoms with Crippen LogP contribution >= 0.6 is 0 Å². The van der Waals surface area contributed by atoms with Crippen LogP contribution < -0.4 is 4.72 Å². The molecule has 0 saturated carbocycles. The number of hydrogen-bond acceptors (Lipinski definition) is 3. The quantitative estimate of drug-likeness (QED) is 0.809. The van der Waals surface area contributed by atoms with Gasteiger partial charge in [-0.1, -0.05) is 12.1 Å². The minimum atomic E-state index is -3.62. The minimum absolute atomic E-state index is 0.243. The first kappa shape index (κ1) is 13.6. The van der Waals surface area contributed by atoms with Crippen molar-refractivity contribution in [1.29, 1.82) is 0 Å². The van der Waals surface area contributed by atoms with E-state index in [9.17, 15) is 8.42 Å². The molecule has 0 unspecified atom stereocenters. The van der Waals surface area contributed by atoms with E-state index >= 15 is 0 Å². The van der Waals surface area contributed by atoms with Crippen molar-refractivity contribution in [3.05, 3.63) is 60.0 Å². The highest BCUT2D eigenvalue weighted by Gasteiger charge is 2.16. The number of nitrogens with zero attached hydrogens (tertiary/aromatic N) is 2. The van der Waals surface area contributed by atoms with Gasteiger partial charge in [-0.25, -0.2) is 13.4 Å². The van der Waals surface area contributed by atoms with Crippen LogP contribution in [0.15, 0.2) is 53.7 Å². The lowest BCUT2D eigenvalue weighted by Gasteiger charge is -2.09. The second kappa shape index (κ2) is 4.89. The molecule has 1 aromatic carbocycles. The molecule has 0 atom stereocenters. The van der Waals surface area contributed by atoms with Gasteiger partial charge in [0.1, 0.15) is 0 Å². The SMILES string of the molecule is Cc1cccc(S(=O)(=O)Nc2cccn3cc(C)nc23)c1. The highest BCUT2D eigenvalue weighted by molar-refractivity contribution is 7.92. The Kier molecular flexibility index (Phi) is 3.17. The van der Waals surface area contributed by atoms with Crippen LogP contribution in [-0.4, -0.2) is 17.8 Å². The Balaban J connectivity index is 2.05. The first-order valence-electron chi connectivity index (χ1n) is 6.49. The van der Waals surface area contributed by atoms with E-state index in [0.29, 0.717) is 11.3 Å². The van der Waals surface area contributed by atoms with E-state index in [1.54, 1.807) is 34.7 Å². The monoisotopic (exact) mass is 301 g/mol. The second-order valence-corrected chi connectivity index (χ2v) is 6.64. The van der Waals surface area contributed by atoms with E-state index in [1.165, 1.54) is 0 Å². The Bertz CT molecular complexity index is 914. The molecule has 5 nitrogen and oxygen atoms in total. The number of pyridine rings is 1. The molecule has 0 aliphatic rings. The highest BCUT2D eigenvalue weighted by atomic mass is 32.2. The maximum Gasteiger partial charge on any atom is 0.262 e. The molecule has 0 aliphatic carbocycles. The molecule has 2 aromatic heterocycles. The molecule has 3 aromatic rings. The van der Waals surface area contributed by atoms with Crippen LogP contribution in [0.3, 0.4) is 0 Å². The maximum absolute atomic E-state index is 12.5. The van der Waals surface area contributed by atoms with Gasteiger partial charge in [0.2, 0.25) is 0 Å². The van der Waals surface area contributed by atoms with Gasteiger partial charge in [-0.2, -0.15) is 0 Å². The largest absolute Gasteiger partial charge is 0.305 e. The van der Waals surface area contributed by atoms with Crippen LogP contribution in [0.25, 0.3) is 5.65 Å². The highest BCUT2D eigenvalue weighted by Crippen LogP contribution is 2.21. The van der Waals surface area contributed by atoms with Crippen LogP contribution in [0.5, 0.6) is 0 Å².